The summed E-state index contributed by atoms with van der Waals surface area (Å²) in [6, 6.07) is 0. The van der Waals surface area contributed by atoms with Gasteiger partial charge in [0.15, 0.2) is 9.84 Å². The normalized spacial score (nSPS) is 24.5. The molecule has 1 aliphatic rings. The van der Waals surface area contributed by atoms with E-state index in [0.717, 1.165) is 12.8 Å². The van der Waals surface area contributed by atoms with Gasteiger partial charge < -0.3 is 9.84 Å². The first-order chi connectivity index (χ1) is 6.43. The minimum atomic E-state index is -3.14. The summed E-state index contributed by atoms with van der Waals surface area (Å²) in [6.45, 7) is 2.81. The minimum Gasteiger partial charge on any atom is -0.391 e. The van der Waals surface area contributed by atoms with Gasteiger partial charge >= 0.3 is 0 Å². The predicted octanol–water partition coefficient (Wildman–Crippen LogP) is 0.207. The van der Waals surface area contributed by atoms with Crippen molar-refractivity contribution in [2.24, 2.45) is 5.92 Å². The first-order valence-corrected chi connectivity index (χ1v) is 6.83. The lowest BCUT2D eigenvalue weighted by Crippen LogP contribution is -2.39. The molecule has 1 heterocycles. The average Bonchev–Trinajstić information content (AvgIpc) is 2.15. The number of ether oxygens (including phenoxy) is 1. The number of rotatable bonds is 3. The average molecular weight is 222 g/mol. The number of aliphatic hydroxyl groups excluding tert-OH is 1. The van der Waals surface area contributed by atoms with Gasteiger partial charge in [0.05, 0.1) is 11.4 Å². The van der Waals surface area contributed by atoms with Crippen LogP contribution in [0, 0.1) is 5.92 Å². The molecule has 2 atom stereocenters. The van der Waals surface area contributed by atoms with Crippen molar-refractivity contribution >= 4 is 9.84 Å². The summed E-state index contributed by atoms with van der Waals surface area (Å²) >= 11 is 0. The third kappa shape index (κ3) is 2.93. The molecule has 0 aromatic rings. The summed E-state index contributed by atoms with van der Waals surface area (Å²) in [6.07, 6.45) is 1.91. The van der Waals surface area contributed by atoms with Crippen LogP contribution in [0.25, 0.3) is 0 Å². The maximum atomic E-state index is 11.2. The summed E-state index contributed by atoms with van der Waals surface area (Å²) in [5.41, 5.74) is 0. The number of sulfone groups is 1. The van der Waals surface area contributed by atoms with Crippen LogP contribution in [0.2, 0.25) is 0 Å². The van der Waals surface area contributed by atoms with E-state index in [2.05, 4.69) is 0 Å². The van der Waals surface area contributed by atoms with Crippen LogP contribution in [0.5, 0.6) is 0 Å². The highest BCUT2D eigenvalue weighted by atomic mass is 32.2. The van der Waals surface area contributed by atoms with E-state index in [-0.39, 0.29) is 5.92 Å². The molecule has 0 amide bonds. The Morgan fingerprint density at radius 2 is 1.86 bits per heavy atom. The van der Waals surface area contributed by atoms with Crippen LogP contribution in [0.1, 0.15) is 19.8 Å². The van der Waals surface area contributed by atoms with E-state index in [9.17, 15) is 13.5 Å². The van der Waals surface area contributed by atoms with E-state index in [0.29, 0.717) is 13.2 Å². The van der Waals surface area contributed by atoms with Gasteiger partial charge in [-0.3, -0.25) is 0 Å². The Morgan fingerprint density at radius 3 is 2.29 bits per heavy atom. The molecule has 1 saturated heterocycles. The Morgan fingerprint density at radius 1 is 1.36 bits per heavy atom. The van der Waals surface area contributed by atoms with E-state index in [1.807, 2.05) is 0 Å². The molecular weight excluding hydrogens is 204 g/mol. The van der Waals surface area contributed by atoms with E-state index in [1.165, 1.54) is 6.26 Å². The van der Waals surface area contributed by atoms with Crippen molar-refractivity contribution < 1.29 is 18.3 Å². The van der Waals surface area contributed by atoms with Crippen molar-refractivity contribution in [1.82, 2.24) is 0 Å². The Bertz CT molecular complexity index is 267. The van der Waals surface area contributed by atoms with E-state index in [1.54, 1.807) is 6.92 Å². The van der Waals surface area contributed by atoms with Crippen molar-refractivity contribution in [3.8, 4) is 0 Å². The second-order valence-corrected chi connectivity index (χ2v) is 6.38. The zero-order valence-electron chi connectivity index (χ0n) is 8.64. The molecule has 14 heavy (non-hydrogen) atoms. The minimum absolute atomic E-state index is 0.0634. The fraction of sp³-hybridized carbons (Fsp3) is 1.00. The van der Waals surface area contributed by atoms with Gasteiger partial charge in [0.2, 0.25) is 0 Å². The van der Waals surface area contributed by atoms with Gasteiger partial charge in [0.1, 0.15) is 0 Å². The number of hydrogen-bond donors (Lipinski definition) is 1. The maximum Gasteiger partial charge on any atom is 0.152 e. The molecule has 0 radical (unpaired) electrons. The molecule has 0 spiro atoms. The fourth-order valence-electron chi connectivity index (χ4n) is 1.69. The summed E-state index contributed by atoms with van der Waals surface area (Å²) in [7, 11) is -3.14. The monoisotopic (exact) mass is 222 g/mol. The highest BCUT2D eigenvalue weighted by Gasteiger charge is 2.31. The van der Waals surface area contributed by atoms with Crippen molar-refractivity contribution in [3.05, 3.63) is 0 Å². The van der Waals surface area contributed by atoms with Crippen LogP contribution < -0.4 is 0 Å². The second-order valence-electron chi connectivity index (χ2n) is 3.98. The summed E-state index contributed by atoms with van der Waals surface area (Å²) < 4.78 is 27.6. The molecule has 1 aliphatic heterocycles. The number of aliphatic hydroxyl groups is 1. The highest BCUT2D eigenvalue weighted by Crippen LogP contribution is 2.23. The van der Waals surface area contributed by atoms with Crippen molar-refractivity contribution in [2.75, 3.05) is 19.5 Å². The lowest BCUT2D eigenvalue weighted by atomic mass is 9.92. The molecular formula is C9H18O4S. The smallest absolute Gasteiger partial charge is 0.152 e. The van der Waals surface area contributed by atoms with E-state index < -0.39 is 21.2 Å². The summed E-state index contributed by atoms with van der Waals surface area (Å²) in [5.74, 6) is 0.0634. The van der Waals surface area contributed by atoms with Gasteiger partial charge in [-0.05, 0) is 25.7 Å². The SMILES string of the molecule is CC(C(O)C1CCOCC1)S(C)(=O)=O. The lowest BCUT2D eigenvalue weighted by molar-refractivity contribution is 0.00821. The summed E-state index contributed by atoms with van der Waals surface area (Å²) in [5, 5.41) is 9.17. The first-order valence-electron chi connectivity index (χ1n) is 4.87. The molecule has 84 valence electrons. The van der Waals surface area contributed by atoms with Gasteiger partial charge in [-0.1, -0.05) is 0 Å². The summed E-state index contributed by atoms with van der Waals surface area (Å²) in [4.78, 5) is 0. The molecule has 2 unspecified atom stereocenters. The zero-order chi connectivity index (χ0) is 10.8. The Balaban J connectivity index is 2.59. The first kappa shape index (κ1) is 11.9. The molecule has 0 aromatic heterocycles. The quantitative estimate of drug-likeness (QED) is 0.741. The van der Waals surface area contributed by atoms with Crippen LogP contribution >= 0.6 is 0 Å². The van der Waals surface area contributed by atoms with Gasteiger partial charge in [-0.2, -0.15) is 0 Å². The molecule has 1 rings (SSSR count). The molecule has 0 aliphatic carbocycles. The largest absolute Gasteiger partial charge is 0.391 e. The number of hydrogen-bond acceptors (Lipinski definition) is 4. The van der Waals surface area contributed by atoms with Crippen LogP contribution in [0.4, 0.5) is 0 Å². The van der Waals surface area contributed by atoms with Gasteiger partial charge in [-0.25, -0.2) is 8.42 Å². The van der Waals surface area contributed by atoms with Crippen LogP contribution in [-0.2, 0) is 14.6 Å². The topological polar surface area (TPSA) is 63.6 Å². The third-order valence-corrected chi connectivity index (χ3v) is 4.53. The molecule has 1 fully saturated rings. The second kappa shape index (κ2) is 4.59. The standard InChI is InChI=1S/C9H18O4S/c1-7(14(2,11)12)9(10)8-3-5-13-6-4-8/h7-10H,3-6H2,1-2H3. The van der Waals surface area contributed by atoms with Crippen LogP contribution in [0.3, 0.4) is 0 Å². The molecule has 1 N–H and O–H groups in total. The van der Waals surface area contributed by atoms with Gasteiger partial charge in [-0.15, -0.1) is 0 Å². The van der Waals surface area contributed by atoms with Crippen LogP contribution in [0.15, 0.2) is 0 Å². The van der Waals surface area contributed by atoms with Crippen molar-refractivity contribution in [2.45, 2.75) is 31.1 Å². The van der Waals surface area contributed by atoms with Gasteiger partial charge in [0, 0.05) is 19.5 Å². The van der Waals surface area contributed by atoms with Crippen molar-refractivity contribution in [3.63, 3.8) is 0 Å². The Kier molecular flexibility index (Phi) is 3.92. The van der Waals surface area contributed by atoms with E-state index in [4.69, 9.17) is 4.74 Å². The molecule has 5 heteroatoms. The van der Waals surface area contributed by atoms with Gasteiger partial charge in [0.25, 0.3) is 0 Å². The van der Waals surface area contributed by atoms with Crippen LogP contribution in [-0.4, -0.2) is 44.3 Å². The Hall–Kier alpha value is -0.130. The third-order valence-electron chi connectivity index (χ3n) is 2.91. The Labute approximate surface area is 85.2 Å². The highest BCUT2D eigenvalue weighted by molar-refractivity contribution is 7.91. The maximum absolute atomic E-state index is 11.2. The van der Waals surface area contributed by atoms with E-state index >= 15 is 0 Å². The molecule has 0 aromatic carbocycles. The van der Waals surface area contributed by atoms with Crippen molar-refractivity contribution in [1.29, 1.82) is 0 Å². The lowest BCUT2D eigenvalue weighted by Gasteiger charge is -2.29. The molecule has 4 nitrogen and oxygen atoms in total. The predicted molar refractivity (Wildman–Crippen MR) is 53.9 cm³/mol. The molecule has 0 bridgehead atoms. The fourth-order valence-corrected chi connectivity index (χ4v) is 2.42. The molecule has 0 saturated carbocycles. The zero-order valence-corrected chi connectivity index (χ0v) is 9.46.